The lowest BCUT2D eigenvalue weighted by Crippen LogP contribution is -2.73. The maximum Gasteiger partial charge on any atom is 0.327 e. The third-order valence-electron chi connectivity index (χ3n) is 6.51. The number of carbonyl (C=O) groups excluding carboxylic acids is 2. The maximum absolute atomic E-state index is 13.3. The zero-order chi connectivity index (χ0) is 23.3. The van der Waals surface area contributed by atoms with Gasteiger partial charge in [0.15, 0.2) is 6.23 Å². The number of alkyl halides is 1. The molecule has 0 aromatic heterocycles. The summed E-state index contributed by atoms with van der Waals surface area (Å²) in [6.45, 7) is 8.08. The number of benzene rings is 2. The van der Waals surface area contributed by atoms with Gasteiger partial charge in [0, 0.05) is 5.33 Å². The van der Waals surface area contributed by atoms with Crippen LogP contribution in [0.4, 0.5) is 4.79 Å². The lowest BCUT2D eigenvalue weighted by Gasteiger charge is -2.53. The van der Waals surface area contributed by atoms with Gasteiger partial charge in [0.1, 0.15) is 11.2 Å². The number of β-lactam (4-membered cyclic amide) rings is 1. The third kappa shape index (κ3) is 4.70. The molecule has 2 atom stereocenters. The molecular weight excluding hydrogens is 468 g/mol. The molecule has 1 aliphatic rings. The zero-order valence-electron chi connectivity index (χ0n) is 19.4. The molecule has 172 valence electrons. The highest BCUT2D eigenvalue weighted by atomic mass is 79.9. The second-order valence-corrected chi connectivity index (χ2v) is 9.05. The van der Waals surface area contributed by atoms with Crippen LogP contribution < -0.4 is 10.1 Å². The summed E-state index contributed by atoms with van der Waals surface area (Å²) < 4.78 is 6.24. The van der Waals surface area contributed by atoms with Gasteiger partial charge in [-0.2, -0.15) is 0 Å². The SMILES string of the molecule is CCC[C@@H](NC(=O)N1C(=O)C(CC)(CC)[C@@H]1Oc1ccc(CBr)cc1)c1ccc(C)cc1. The lowest BCUT2D eigenvalue weighted by atomic mass is 9.72. The lowest BCUT2D eigenvalue weighted by molar-refractivity contribution is -0.191. The number of nitrogens with zero attached hydrogens (tertiary/aromatic N) is 1. The highest BCUT2D eigenvalue weighted by Crippen LogP contribution is 2.46. The van der Waals surface area contributed by atoms with Gasteiger partial charge in [-0.05, 0) is 49.4 Å². The van der Waals surface area contributed by atoms with Crippen molar-refractivity contribution in [3.63, 3.8) is 0 Å². The average molecular weight is 501 g/mol. The van der Waals surface area contributed by atoms with Crippen molar-refractivity contribution in [1.29, 1.82) is 0 Å². The number of rotatable bonds is 9. The van der Waals surface area contributed by atoms with E-state index < -0.39 is 17.7 Å². The predicted molar refractivity (Wildman–Crippen MR) is 131 cm³/mol. The Morgan fingerprint density at radius 3 is 2.25 bits per heavy atom. The molecule has 1 aliphatic heterocycles. The number of aryl methyl sites for hydroxylation is 1. The van der Waals surface area contributed by atoms with Gasteiger partial charge in [-0.15, -0.1) is 0 Å². The number of carbonyl (C=O) groups is 2. The Balaban J connectivity index is 1.82. The summed E-state index contributed by atoms with van der Waals surface area (Å²) in [5, 5.41) is 3.85. The van der Waals surface area contributed by atoms with Gasteiger partial charge < -0.3 is 10.1 Å². The van der Waals surface area contributed by atoms with E-state index in [1.807, 2.05) is 69.3 Å². The smallest absolute Gasteiger partial charge is 0.327 e. The molecule has 0 saturated carbocycles. The summed E-state index contributed by atoms with van der Waals surface area (Å²) in [5.41, 5.74) is 2.66. The van der Waals surface area contributed by atoms with Crippen LogP contribution in [-0.2, 0) is 10.1 Å². The van der Waals surface area contributed by atoms with E-state index in [1.54, 1.807) is 0 Å². The van der Waals surface area contributed by atoms with Crippen molar-refractivity contribution < 1.29 is 14.3 Å². The van der Waals surface area contributed by atoms with Crippen LogP contribution in [0.25, 0.3) is 0 Å². The van der Waals surface area contributed by atoms with E-state index in [1.165, 1.54) is 10.5 Å². The molecule has 0 bridgehead atoms. The Morgan fingerprint density at radius 1 is 1.09 bits per heavy atom. The number of hydrogen-bond donors (Lipinski definition) is 1. The molecule has 2 aromatic carbocycles. The minimum absolute atomic E-state index is 0.155. The van der Waals surface area contributed by atoms with Gasteiger partial charge in [0.2, 0.25) is 5.91 Å². The summed E-state index contributed by atoms with van der Waals surface area (Å²) in [5.74, 6) is 0.487. The molecule has 5 nitrogen and oxygen atoms in total. The van der Waals surface area contributed by atoms with Crippen molar-refractivity contribution in [2.75, 3.05) is 0 Å². The molecule has 1 N–H and O–H groups in total. The molecule has 1 saturated heterocycles. The number of urea groups is 1. The number of likely N-dealkylation sites (tertiary alicyclic amines) is 1. The molecule has 0 unspecified atom stereocenters. The van der Waals surface area contributed by atoms with Crippen LogP contribution in [0.5, 0.6) is 5.75 Å². The summed E-state index contributed by atoms with van der Waals surface area (Å²) >= 11 is 3.45. The normalized spacial score (nSPS) is 18.1. The molecule has 0 radical (unpaired) electrons. The second kappa shape index (κ2) is 10.5. The first kappa shape index (κ1) is 24.3. The van der Waals surface area contributed by atoms with Crippen molar-refractivity contribution in [1.82, 2.24) is 10.2 Å². The Kier molecular flexibility index (Phi) is 7.99. The minimum atomic E-state index is -0.685. The minimum Gasteiger partial charge on any atom is -0.469 e. The fourth-order valence-corrected chi connectivity index (χ4v) is 4.69. The van der Waals surface area contributed by atoms with E-state index in [0.717, 1.165) is 29.3 Å². The molecule has 2 aromatic rings. The highest BCUT2D eigenvalue weighted by molar-refractivity contribution is 9.08. The Bertz CT molecular complexity index is 923. The highest BCUT2D eigenvalue weighted by Gasteiger charge is 2.63. The van der Waals surface area contributed by atoms with E-state index in [4.69, 9.17) is 4.74 Å². The molecular formula is C26H33BrN2O3. The molecule has 32 heavy (non-hydrogen) atoms. The topological polar surface area (TPSA) is 58.6 Å². The summed E-state index contributed by atoms with van der Waals surface area (Å²) in [4.78, 5) is 27.7. The number of hydrogen-bond acceptors (Lipinski definition) is 3. The molecule has 1 fully saturated rings. The van der Waals surface area contributed by atoms with Crippen LogP contribution in [-0.4, -0.2) is 23.1 Å². The van der Waals surface area contributed by atoms with Crippen molar-refractivity contribution in [2.45, 2.75) is 71.0 Å². The third-order valence-corrected chi connectivity index (χ3v) is 7.16. The summed E-state index contributed by atoms with van der Waals surface area (Å²) in [6.07, 6.45) is 2.32. The van der Waals surface area contributed by atoms with Gasteiger partial charge in [-0.1, -0.05) is 85.1 Å². The number of ether oxygens (including phenoxy) is 1. The first-order chi connectivity index (χ1) is 15.4. The average Bonchev–Trinajstić information content (AvgIpc) is 2.80. The van der Waals surface area contributed by atoms with Crippen molar-refractivity contribution in [3.05, 3.63) is 65.2 Å². The number of halogens is 1. The van der Waals surface area contributed by atoms with E-state index in [2.05, 4.69) is 28.2 Å². The predicted octanol–water partition coefficient (Wildman–Crippen LogP) is 6.49. The molecule has 6 heteroatoms. The Hall–Kier alpha value is -2.34. The van der Waals surface area contributed by atoms with E-state index in [0.29, 0.717) is 18.6 Å². The van der Waals surface area contributed by atoms with E-state index in [-0.39, 0.29) is 11.9 Å². The van der Waals surface area contributed by atoms with Crippen molar-refractivity contribution in [3.8, 4) is 5.75 Å². The molecule has 3 rings (SSSR count). The fraction of sp³-hybridized carbons (Fsp3) is 0.462. The Morgan fingerprint density at radius 2 is 1.72 bits per heavy atom. The van der Waals surface area contributed by atoms with Gasteiger partial charge in [-0.3, -0.25) is 4.79 Å². The van der Waals surface area contributed by atoms with E-state index in [9.17, 15) is 9.59 Å². The number of imide groups is 1. The van der Waals surface area contributed by atoms with Gasteiger partial charge in [-0.25, -0.2) is 9.69 Å². The number of amides is 3. The standard InChI is InChI=1S/C26H33BrN2O3/c1-5-8-22(20-13-9-18(4)10-14-20)28-25(31)29-23(30)26(6-2,7-3)24(29)32-21-15-11-19(17-27)12-16-21/h9-16,22,24H,5-8,17H2,1-4H3,(H,28,31)/t22-,24+/m1/s1. The van der Waals surface area contributed by atoms with Crippen LogP contribution in [0.15, 0.2) is 48.5 Å². The summed E-state index contributed by atoms with van der Waals surface area (Å²) in [6, 6.07) is 15.3. The number of nitrogens with one attached hydrogen (secondary N) is 1. The zero-order valence-corrected chi connectivity index (χ0v) is 20.9. The van der Waals surface area contributed by atoms with Crippen LogP contribution in [0.2, 0.25) is 0 Å². The quantitative estimate of drug-likeness (QED) is 0.316. The monoisotopic (exact) mass is 500 g/mol. The van der Waals surface area contributed by atoms with Crippen LogP contribution in [0.3, 0.4) is 0 Å². The van der Waals surface area contributed by atoms with Gasteiger partial charge in [0.05, 0.1) is 6.04 Å². The first-order valence-corrected chi connectivity index (χ1v) is 12.5. The van der Waals surface area contributed by atoms with Crippen LogP contribution >= 0.6 is 15.9 Å². The van der Waals surface area contributed by atoms with Crippen molar-refractivity contribution >= 4 is 27.9 Å². The van der Waals surface area contributed by atoms with Crippen LogP contribution in [0.1, 0.15) is 69.2 Å². The maximum atomic E-state index is 13.3. The molecule has 0 spiro atoms. The molecule has 0 aliphatic carbocycles. The second-order valence-electron chi connectivity index (χ2n) is 8.49. The fourth-order valence-electron chi connectivity index (χ4n) is 4.31. The Labute approximate surface area is 199 Å². The first-order valence-electron chi connectivity index (χ1n) is 11.4. The van der Waals surface area contributed by atoms with Gasteiger partial charge >= 0.3 is 6.03 Å². The van der Waals surface area contributed by atoms with Gasteiger partial charge in [0.25, 0.3) is 0 Å². The molecule has 1 heterocycles. The van der Waals surface area contributed by atoms with Crippen LogP contribution in [0, 0.1) is 12.3 Å². The largest absolute Gasteiger partial charge is 0.469 e. The molecule has 3 amide bonds. The summed E-state index contributed by atoms with van der Waals surface area (Å²) in [7, 11) is 0. The van der Waals surface area contributed by atoms with E-state index >= 15 is 0 Å². The van der Waals surface area contributed by atoms with Crippen molar-refractivity contribution in [2.24, 2.45) is 5.41 Å².